The van der Waals surface area contributed by atoms with Crippen molar-refractivity contribution in [2.75, 3.05) is 79.1 Å². The Morgan fingerprint density at radius 2 is 1.71 bits per heavy atom. The predicted octanol–water partition coefficient (Wildman–Crippen LogP) is 8.21. The van der Waals surface area contributed by atoms with Crippen LogP contribution < -0.4 is 31.5 Å². The largest absolute Gasteiger partial charge is 0.497 e. The highest BCUT2D eigenvalue weighted by Crippen LogP contribution is 2.46. The molecule has 5 N–H and O–H groups in total. The van der Waals surface area contributed by atoms with E-state index in [1.54, 1.807) is 14.2 Å². The lowest BCUT2D eigenvalue weighted by Gasteiger charge is -2.36. The standard InChI is InChI=1S/C46H66N6O5.C7H16N2O.C5H9NO.C2H6/c1-8-52-42-16-17-46(5,35-23-34(24-38(25-35)56-7)13-11-9-10-12-18-48-49-31-53)28-40(42)41(27-45(3,4)30-57-32-54)44(52)39-26-37(29-47-43(39)33(2)55-6)51-21-19-50(20-22-51)36-14-15-36;1-5(2)6(7(8)10)9(3)4;7-4-5-2-1-3-6-5;1-2/h16-17,23-26,29,31-33,36,48H,8-15,18-22,27-28,30H2,1-7H3,(H,49,53);5-6H,1-4H3,(H2,8,10);4-6H,1-3H2;1-2H3/t;6-;;/m.0../s1. The van der Waals surface area contributed by atoms with Crippen LogP contribution in [0.1, 0.15) is 153 Å². The number of pyridine rings is 1. The van der Waals surface area contributed by atoms with Crippen molar-refractivity contribution >= 4 is 36.8 Å². The normalized spacial score (nSPS) is 19.0. The molecule has 7 rings (SSSR count). The number of hydrazine groups is 1. The highest BCUT2D eigenvalue weighted by Gasteiger charge is 2.38. The monoisotopic (exact) mass is 1060 g/mol. The van der Waals surface area contributed by atoms with Crippen molar-refractivity contribution in [3.8, 4) is 17.0 Å². The van der Waals surface area contributed by atoms with E-state index in [1.165, 1.54) is 46.5 Å². The number of likely N-dealkylation sites (N-methyl/N-ethyl adjacent to an activating group) is 1. The van der Waals surface area contributed by atoms with Gasteiger partial charge in [-0.2, -0.15) is 0 Å². The van der Waals surface area contributed by atoms with Gasteiger partial charge in [0.2, 0.25) is 12.3 Å². The number of primary amides is 1. The van der Waals surface area contributed by atoms with Gasteiger partial charge in [-0.3, -0.25) is 34.6 Å². The summed E-state index contributed by atoms with van der Waals surface area (Å²) in [4.78, 5) is 54.8. The number of anilines is 1. The Morgan fingerprint density at radius 1 is 1.00 bits per heavy atom. The highest BCUT2D eigenvalue weighted by molar-refractivity contribution is 5.80. The fraction of sp³-hybridized carbons (Fsp3) is 0.650. The van der Waals surface area contributed by atoms with Crippen LogP contribution in [-0.2, 0) is 59.9 Å². The summed E-state index contributed by atoms with van der Waals surface area (Å²) in [5.41, 5.74) is 20.7. The number of amides is 2. The van der Waals surface area contributed by atoms with E-state index in [4.69, 9.17) is 24.9 Å². The number of benzene rings is 1. The Kier molecular flexibility index (Phi) is 26.1. The second kappa shape index (κ2) is 31.3. The molecule has 0 radical (unpaired) electrons. The van der Waals surface area contributed by atoms with E-state index in [0.717, 1.165) is 139 Å². The first-order valence-corrected chi connectivity index (χ1v) is 28.2. The van der Waals surface area contributed by atoms with Gasteiger partial charge in [-0.1, -0.05) is 73.5 Å². The van der Waals surface area contributed by atoms with E-state index in [9.17, 15) is 19.2 Å². The average Bonchev–Trinajstić information content (AvgIpc) is 4.04. The zero-order valence-electron chi connectivity index (χ0n) is 48.8. The molecule has 4 heterocycles. The molecule has 3 unspecified atom stereocenters. The molecular formula is C60H97N9O7. The van der Waals surface area contributed by atoms with E-state index >= 15 is 0 Å². The second-order valence-corrected chi connectivity index (χ2v) is 22.2. The number of aryl methyl sites for hydroxylation is 1. The van der Waals surface area contributed by atoms with Gasteiger partial charge in [0.05, 0.1) is 55.2 Å². The fourth-order valence-corrected chi connectivity index (χ4v) is 11.0. The minimum atomic E-state index is -0.317. The minimum absolute atomic E-state index is 0.139. The van der Waals surface area contributed by atoms with Gasteiger partial charge < -0.3 is 39.5 Å². The number of ether oxygens (including phenoxy) is 3. The molecule has 2 aliphatic heterocycles. The molecule has 0 spiro atoms. The van der Waals surface area contributed by atoms with Gasteiger partial charge in [0.1, 0.15) is 12.0 Å². The average molecular weight is 1060 g/mol. The zero-order chi connectivity index (χ0) is 56.0. The number of hydrogen-bond acceptors (Lipinski definition) is 13. The van der Waals surface area contributed by atoms with Crippen LogP contribution in [0.25, 0.3) is 17.3 Å². The minimum Gasteiger partial charge on any atom is -0.497 e. The third-order valence-corrected chi connectivity index (χ3v) is 15.1. The molecule has 1 aromatic carbocycles. The number of allylic oxidation sites excluding steroid dienone is 1. The van der Waals surface area contributed by atoms with Crippen LogP contribution in [0.15, 0.2) is 36.5 Å². The van der Waals surface area contributed by atoms with Crippen molar-refractivity contribution in [3.63, 3.8) is 0 Å². The van der Waals surface area contributed by atoms with Gasteiger partial charge in [0.25, 0.3) is 6.47 Å². The number of hydrogen-bond donors (Lipinski definition) is 4. The van der Waals surface area contributed by atoms with Gasteiger partial charge in [-0.05, 0) is 145 Å². The van der Waals surface area contributed by atoms with Crippen LogP contribution >= 0.6 is 0 Å². The van der Waals surface area contributed by atoms with Crippen molar-refractivity contribution in [1.29, 1.82) is 0 Å². The molecule has 3 aromatic rings. The molecule has 16 heteroatoms. The Hall–Kier alpha value is -5.13. The molecule has 4 aliphatic rings. The molecule has 3 fully saturated rings. The number of aldehydes is 1. The Morgan fingerprint density at radius 3 is 2.25 bits per heavy atom. The summed E-state index contributed by atoms with van der Waals surface area (Å²) in [6.45, 7) is 26.6. The van der Waals surface area contributed by atoms with Crippen molar-refractivity contribution in [2.24, 2.45) is 17.1 Å². The molecule has 4 atom stereocenters. The first kappa shape index (κ1) is 63.4. The first-order valence-electron chi connectivity index (χ1n) is 28.2. The van der Waals surface area contributed by atoms with Crippen LogP contribution in [0, 0.1) is 11.3 Å². The number of methoxy groups -OCH3 is 2. The maximum Gasteiger partial charge on any atom is 0.293 e. The highest BCUT2D eigenvalue weighted by atomic mass is 16.5. The van der Waals surface area contributed by atoms with Crippen LogP contribution in [0.4, 0.5) is 5.69 Å². The quantitative estimate of drug-likeness (QED) is 0.0343. The lowest BCUT2D eigenvalue weighted by Crippen LogP contribution is -2.47. The summed E-state index contributed by atoms with van der Waals surface area (Å²) >= 11 is 0. The molecule has 76 heavy (non-hydrogen) atoms. The van der Waals surface area contributed by atoms with Gasteiger partial charge in [-0.15, -0.1) is 0 Å². The lowest BCUT2D eigenvalue weighted by molar-refractivity contribution is -0.131. The van der Waals surface area contributed by atoms with Crippen LogP contribution in [-0.4, -0.2) is 137 Å². The number of fused-ring (bicyclic) bond motifs is 1. The smallest absolute Gasteiger partial charge is 0.293 e. The fourth-order valence-electron chi connectivity index (χ4n) is 11.0. The Bertz CT molecular complexity index is 2290. The van der Waals surface area contributed by atoms with Gasteiger partial charge >= 0.3 is 0 Å². The topological polar surface area (TPSA) is 186 Å². The summed E-state index contributed by atoms with van der Waals surface area (Å²) in [5.74, 6) is 0.915. The number of nitrogens with one attached hydrogen (secondary N) is 3. The van der Waals surface area contributed by atoms with E-state index in [0.29, 0.717) is 19.5 Å². The van der Waals surface area contributed by atoms with Crippen molar-refractivity contribution in [2.45, 2.75) is 169 Å². The van der Waals surface area contributed by atoms with Crippen molar-refractivity contribution in [3.05, 3.63) is 70.2 Å². The molecule has 2 amide bonds. The number of carbonyl (C=O) groups excluding carboxylic acids is 4. The first-order chi connectivity index (χ1) is 36.4. The number of piperazine rings is 1. The third-order valence-electron chi connectivity index (χ3n) is 15.1. The molecule has 16 nitrogen and oxygen atoms in total. The number of nitrogens with two attached hydrogens (primary N) is 1. The SMILES string of the molecule is CC.CC(C)[C@@H](C(N)=O)N(C)C.CCn1c2c(c(CC(C)(C)COC=O)c1-c1cc(N3CCN(C4CC4)CC3)cnc1C(C)OC)CC(C)(c1cc(CCCCCCNNC=O)cc(OC)c1)C=C2.O=CC1CCCN1. The molecule has 424 valence electrons. The zero-order valence-corrected chi connectivity index (χ0v) is 48.8. The second-order valence-electron chi connectivity index (χ2n) is 22.2. The van der Waals surface area contributed by atoms with Gasteiger partial charge in [0, 0.05) is 74.5 Å². The maximum atomic E-state index is 11.5. The molecule has 2 aliphatic carbocycles. The third kappa shape index (κ3) is 18.0. The van der Waals surface area contributed by atoms with E-state index < -0.39 is 0 Å². The predicted molar refractivity (Wildman–Crippen MR) is 307 cm³/mol. The summed E-state index contributed by atoms with van der Waals surface area (Å²) in [5, 5.41) is 3.04. The van der Waals surface area contributed by atoms with Gasteiger partial charge in [0.15, 0.2) is 0 Å². The molecule has 0 bridgehead atoms. The number of carbonyl (C=O) groups is 4. The Balaban J connectivity index is 0.000000555. The van der Waals surface area contributed by atoms with Crippen LogP contribution in [0.5, 0.6) is 5.75 Å². The van der Waals surface area contributed by atoms with E-state index in [-0.39, 0.29) is 40.8 Å². The number of unbranched alkanes of at least 4 members (excludes halogenated alkanes) is 3. The molecule has 1 saturated carbocycles. The summed E-state index contributed by atoms with van der Waals surface area (Å²) in [6.07, 6.45) is 19.9. The summed E-state index contributed by atoms with van der Waals surface area (Å²) in [6, 6.07) is 9.93. The van der Waals surface area contributed by atoms with E-state index in [1.807, 2.05) is 52.9 Å². The number of nitrogens with zero attached hydrogens (tertiary/aromatic N) is 5. The van der Waals surface area contributed by atoms with Crippen molar-refractivity contribution < 1.29 is 33.4 Å². The molecule has 2 aromatic heterocycles. The molecular weight excluding hydrogens is 959 g/mol. The van der Waals surface area contributed by atoms with Gasteiger partial charge in [-0.25, -0.2) is 5.43 Å². The summed E-state index contributed by atoms with van der Waals surface area (Å²) < 4.78 is 19.8. The van der Waals surface area contributed by atoms with E-state index in [2.05, 4.69) is 102 Å². The summed E-state index contributed by atoms with van der Waals surface area (Å²) in [7, 11) is 7.23. The maximum absolute atomic E-state index is 11.5. The lowest BCUT2D eigenvalue weighted by atomic mass is 9.72. The molecule has 2 saturated heterocycles. The Labute approximate surface area is 456 Å². The van der Waals surface area contributed by atoms with Crippen LogP contribution in [0.2, 0.25) is 0 Å². The van der Waals surface area contributed by atoms with Crippen molar-refractivity contribution in [1.82, 2.24) is 35.5 Å². The number of aromatic nitrogens is 2. The number of rotatable bonds is 26. The van der Waals surface area contributed by atoms with Crippen LogP contribution in [0.3, 0.4) is 0 Å².